The normalized spacial score (nSPS) is 27.5. The number of benzene rings is 1. The van der Waals surface area contributed by atoms with Gasteiger partial charge in [0.2, 0.25) is 11.8 Å². The van der Waals surface area contributed by atoms with Crippen LogP contribution in [0.1, 0.15) is 73.1 Å². The summed E-state index contributed by atoms with van der Waals surface area (Å²) >= 11 is 8.59. The summed E-state index contributed by atoms with van der Waals surface area (Å²) in [5.74, 6) is 0.105. The summed E-state index contributed by atoms with van der Waals surface area (Å²) in [5, 5.41) is 12.7. The van der Waals surface area contributed by atoms with Crippen molar-refractivity contribution in [2.75, 3.05) is 52.3 Å². The quantitative estimate of drug-likeness (QED) is 0.0993. The van der Waals surface area contributed by atoms with Gasteiger partial charge in [0.15, 0.2) is 5.13 Å². The maximum atomic E-state index is 14.9. The van der Waals surface area contributed by atoms with Gasteiger partial charge in [-0.25, -0.2) is 19.6 Å². The lowest BCUT2D eigenvalue weighted by molar-refractivity contribution is -0.148. The van der Waals surface area contributed by atoms with Crippen molar-refractivity contribution in [3.8, 4) is 22.9 Å². The Morgan fingerprint density at radius 3 is 2.45 bits per heavy atom. The molecule has 3 saturated carbocycles. The van der Waals surface area contributed by atoms with E-state index in [0.717, 1.165) is 37.5 Å². The molecule has 4 heterocycles. The average molecular weight is 937 g/mol. The van der Waals surface area contributed by atoms with Gasteiger partial charge in [-0.2, -0.15) is 0 Å². The highest BCUT2D eigenvalue weighted by molar-refractivity contribution is 7.14. The average Bonchev–Trinajstić information content (AvgIpc) is 3.74. The Morgan fingerprint density at radius 1 is 1.02 bits per heavy atom. The van der Waals surface area contributed by atoms with E-state index >= 15 is 0 Å². The first-order valence-corrected chi connectivity index (χ1v) is 24.0. The molecule has 5 fully saturated rings. The number of amides is 3. The van der Waals surface area contributed by atoms with Crippen molar-refractivity contribution >= 4 is 62.8 Å². The fraction of sp³-hybridized carbons (Fsp3) is 0.617. The molecular formula is C47H62ClN7O9S. The van der Waals surface area contributed by atoms with E-state index in [-0.39, 0.29) is 37.1 Å². The van der Waals surface area contributed by atoms with Gasteiger partial charge in [-0.3, -0.25) is 14.5 Å². The molecule has 3 aromatic rings. The molecule has 18 heteroatoms. The zero-order valence-electron chi connectivity index (χ0n) is 38.3. The molecule has 65 heavy (non-hydrogen) atoms. The number of rotatable bonds is 17. The first kappa shape index (κ1) is 46.8. The summed E-state index contributed by atoms with van der Waals surface area (Å²) in [4.78, 5) is 69.4. The van der Waals surface area contributed by atoms with Crippen LogP contribution in [0.5, 0.6) is 11.5 Å². The molecule has 352 valence electrons. The van der Waals surface area contributed by atoms with Crippen molar-refractivity contribution in [1.29, 1.82) is 0 Å². The number of esters is 1. The van der Waals surface area contributed by atoms with Crippen molar-refractivity contribution in [2.45, 2.75) is 115 Å². The number of halogens is 1. The minimum atomic E-state index is -1.31. The summed E-state index contributed by atoms with van der Waals surface area (Å²) < 4.78 is 29.6. The number of nitrogens with one attached hydrogen (secondary N) is 3. The van der Waals surface area contributed by atoms with Crippen LogP contribution >= 0.6 is 22.9 Å². The van der Waals surface area contributed by atoms with E-state index in [0.29, 0.717) is 70.2 Å². The van der Waals surface area contributed by atoms with Crippen LogP contribution in [0, 0.1) is 23.2 Å². The molecule has 3 N–H and O–H groups in total. The van der Waals surface area contributed by atoms with Gasteiger partial charge in [-0.15, -0.1) is 17.9 Å². The molecule has 5 aliphatic rings. The van der Waals surface area contributed by atoms with E-state index in [1.807, 2.05) is 46.1 Å². The third-order valence-electron chi connectivity index (χ3n) is 13.4. The van der Waals surface area contributed by atoms with E-state index in [1.165, 1.54) is 29.8 Å². The summed E-state index contributed by atoms with van der Waals surface area (Å²) in [7, 11) is 3.00. The van der Waals surface area contributed by atoms with Crippen molar-refractivity contribution in [2.24, 2.45) is 23.2 Å². The number of hydrogen-bond acceptors (Lipinski definition) is 14. The highest BCUT2D eigenvalue weighted by Gasteiger charge is 2.62. The van der Waals surface area contributed by atoms with Gasteiger partial charge >= 0.3 is 12.1 Å². The molecule has 0 radical (unpaired) electrons. The second kappa shape index (κ2) is 18.9. The zero-order valence-corrected chi connectivity index (χ0v) is 39.9. The molecule has 0 spiro atoms. The molecule has 3 unspecified atom stereocenters. The van der Waals surface area contributed by atoms with Crippen LogP contribution in [-0.4, -0.2) is 133 Å². The number of methoxy groups -OCH3 is 2. The Morgan fingerprint density at radius 2 is 1.78 bits per heavy atom. The van der Waals surface area contributed by atoms with Gasteiger partial charge in [0.25, 0.3) is 0 Å². The van der Waals surface area contributed by atoms with Crippen LogP contribution in [0.2, 0.25) is 5.02 Å². The molecule has 2 aromatic heterocycles. The monoisotopic (exact) mass is 935 g/mol. The van der Waals surface area contributed by atoms with Gasteiger partial charge in [-0.1, -0.05) is 38.4 Å². The minimum Gasteiger partial charge on any atom is -0.491 e. The highest BCUT2D eigenvalue weighted by atomic mass is 35.5. The Labute approximate surface area is 389 Å². The van der Waals surface area contributed by atoms with Crippen molar-refractivity contribution in [1.82, 2.24) is 30.4 Å². The molecule has 2 saturated heterocycles. The standard InChI is InChI=1S/C47H62ClN7O9S/c1-9-28-21-47(28,43(58)61-8)53-41(56)35-19-31(23-55(35)42(57)40(46(4,5)6)52-45(59)64-30-17-26-16-27(26)18-30)63-37-20-33(34-24-65-44(51-34)49-25(2)3)50-39-32(37)10-11-36(38(39)48)62-15-14-54-13-12-29(22-54)60-7/h9-11,20,24-31,35,40H,1,12-19,21-23H2,2-8H3,(H,49,51)(H,52,59)(H,53,56)/t26-,27+,28-,29-,30?,31?,35+,40-,47?/m1/s1. The first-order chi connectivity index (χ1) is 31.0. The summed E-state index contributed by atoms with van der Waals surface area (Å²) in [6.07, 6.45) is 4.40. The largest absolute Gasteiger partial charge is 0.491 e. The number of pyridine rings is 1. The van der Waals surface area contributed by atoms with Crippen LogP contribution in [-0.2, 0) is 28.6 Å². The molecule has 16 nitrogen and oxygen atoms in total. The number of likely N-dealkylation sites (tertiary alicyclic amines) is 2. The number of thiazole rings is 1. The van der Waals surface area contributed by atoms with Crippen LogP contribution < -0.4 is 25.4 Å². The van der Waals surface area contributed by atoms with E-state index in [2.05, 4.69) is 27.4 Å². The number of alkyl carbamates (subject to hydrolysis) is 1. The van der Waals surface area contributed by atoms with Gasteiger partial charge in [0.05, 0.1) is 31.0 Å². The number of fused-ring (bicyclic) bond motifs is 2. The number of carbonyl (C=O) groups is 4. The molecule has 0 bridgehead atoms. The van der Waals surface area contributed by atoms with Crippen molar-refractivity contribution in [3.05, 3.63) is 41.3 Å². The number of anilines is 1. The topological polar surface area (TPSA) is 183 Å². The lowest BCUT2D eigenvalue weighted by Crippen LogP contribution is -2.59. The molecule has 1 aromatic carbocycles. The molecule has 3 aliphatic carbocycles. The molecule has 2 aliphatic heterocycles. The summed E-state index contributed by atoms with van der Waals surface area (Å²) in [6, 6.07) is 3.44. The second-order valence-electron chi connectivity index (χ2n) is 19.6. The summed E-state index contributed by atoms with van der Waals surface area (Å²) in [6.45, 7) is 16.3. The maximum Gasteiger partial charge on any atom is 0.408 e. The van der Waals surface area contributed by atoms with Crippen LogP contribution in [0.4, 0.5) is 9.93 Å². The van der Waals surface area contributed by atoms with E-state index in [1.54, 1.807) is 25.3 Å². The predicted octanol–water partition coefficient (Wildman–Crippen LogP) is 6.45. The first-order valence-electron chi connectivity index (χ1n) is 22.7. The number of ether oxygens (including phenoxy) is 5. The van der Waals surface area contributed by atoms with Crippen molar-refractivity contribution < 1.29 is 42.9 Å². The number of carbonyl (C=O) groups excluding carboxylic acids is 4. The highest BCUT2D eigenvalue weighted by Crippen LogP contribution is 2.52. The van der Waals surface area contributed by atoms with E-state index in [4.69, 9.17) is 45.3 Å². The van der Waals surface area contributed by atoms with Crippen LogP contribution in [0.25, 0.3) is 22.3 Å². The Bertz CT molecular complexity index is 2290. The molecular weight excluding hydrogens is 874 g/mol. The van der Waals surface area contributed by atoms with Gasteiger partial charge in [0, 0.05) is 62.0 Å². The second-order valence-corrected chi connectivity index (χ2v) is 20.8. The van der Waals surface area contributed by atoms with Crippen LogP contribution in [0.3, 0.4) is 0 Å². The molecule has 9 atom stereocenters. The zero-order chi connectivity index (χ0) is 46.4. The Hall–Kier alpha value is -4.71. The Kier molecular flexibility index (Phi) is 13.6. The SMILES string of the molecule is C=C[C@@H]1CC1(NC(=O)[C@@H]1CC(Oc2cc(-c3csc(NC(C)C)n3)nc3c(Cl)c(OCCN4CC[C@@H](OC)C4)ccc23)CN1C(=O)[C@@H](NC(=O)OC1C[C@@H]2C[C@@H]2C1)C(C)(C)C)C(=O)OC. The van der Waals surface area contributed by atoms with E-state index in [9.17, 15) is 19.2 Å². The van der Waals surface area contributed by atoms with Gasteiger partial charge in [-0.05, 0) is 75.3 Å². The van der Waals surface area contributed by atoms with Crippen molar-refractivity contribution in [3.63, 3.8) is 0 Å². The lowest BCUT2D eigenvalue weighted by atomic mass is 9.85. The van der Waals surface area contributed by atoms with E-state index < -0.39 is 53.0 Å². The minimum absolute atomic E-state index is 0.0179. The fourth-order valence-corrected chi connectivity index (χ4v) is 10.8. The third-order valence-corrected chi connectivity index (χ3v) is 14.6. The smallest absolute Gasteiger partial charge is 0.408 e. The number of nitrogens with zero attached hydrogens (tertiary/aromatic N) is 4. The molecule has 3 amide bonds. The number of hydrogen-bond donors (Lipinski definition) is 3. The van der Waals surface area contributed by atoms with Crippen LogP contribution in [0.15, 0.2) is 36.2 Å². The summed E-state index contributed by atoms with van der Waals surface area (Å²) in [5.41, 5.74) is -0.552. The number of aromatic nitrogens is 2. The van der Waals surface area contributed by atoms with Gasteiger partial charge in [0.1, 0.15) is 58.7 Å². The van der Waals surface area contributed by atoms with Gasteiger partial charge < -0.3 is 44.5 Å². The molecule has 8 rings (SSSR count). The predicted molar refractivity (Wildman–Crippen MR) is 247 cm³/mol. The fourth-order valence-electron chi connectivity index (χ4n) is 9.65. The maximum absolute atomic E-state index is 14.9. The Balaban J connectivity index is 1.09. The lowest BCUT2D eigenvalue weighted by Gasteiger charge is -2.35. The third kappa shape index (κ3) is 10.2.